The molecule has 0 saturated carbocycles. The molecule has 172 valence electrons. The first-order chi connectivity index (χ1) is 15.1. The molecule has 0 aromatic heterocycles. The maximum absolute atomic E-state index is 10.2. The lowest BCUT2D eigenvalue weighted by Crippen LogP contribution is -2.35. The van der Waals surface area contributed by atoms with Crippen molar-refractivity contribution in [1.29, 1.82) is 0 Å². The lowest BCUT2D eigenvalue weighted by atomic mass is 10.1. The summed E-state index contributed by atoms with van der Waals surface area (Å²) < 4.78 is 22.2. The molecule has 1 atom stereocenters. The van der Waals surface area contributed by atoms with E-state index in [9.17, 15) is 5.11 Å². The third-order valence-electron chi connectivity index (χ3n) is 5.18. The lowest BCUT2D eigenvalue weighted by molar-refractivity contribution is 0.0705. The fraction of sp³-hybridized carbons (Fsp3) is 0.500. The molecule has 0 spiro atoms. The third kappa shape index (κ3) is 7.31. The number of likely N-dealkylation sites (N-methyl/N-ethyl adjacent to an activating group) is 1. The van der Waals surface area contributed by atoms with Gasteiger partial charge in [0.25, 0.3) is 0 Å². The van der Waals surface area contributed by atoms with Crippen LogP contribution in [0.4, 0.5) is 0 Å². The molecule has 0 heterocycles. The van der Waals surface area contributed by atoms with Crippen molar-refractivity contribution in [2.45, 2.75) is 33.0 Å². The highest BCUT2D eigenvalue weighted by atomic mass is 16.5. The normalized spacial score (nSPS) is 12.0. The highest BCUT2D eigenvalue weighted by molar-refractivity contribution is 5.45. The van der Waals surface area contributed by atoms with Gasteiger partial charge in [-0.25, -0.2) is 0 Å². The van der Waals surface area contributed by atoms with Gasteiger partial charge >= 0.3 is 0 Å². The fourth-order valence-electron chi connectivity index (χ4n) is 3.39. The number of nitrogens with zero attached hydrogens (tertiary/aromatic N) is 1. The van der Waals surface area contributed by atoms with E-state index in [4.69, 9.17) is 18.9 Å². The number of hydrogen-bond donors (Lipinski definition) is 2. The van der Waals surface area contributed by atoms with E-state index in [2.05, 4.69) is 24.1 Å². The Labute approximate surface area is 185 Å². The van der Waals surface area contributed by atoms with E-state index >= 15 is 0 Å². The molecule has 2 aromatic rings. The molecule has 0 aliphatic heterocycles. The molecular formula is C24H36N2O5. The topological polar surface area (TPSA) is 72.4 Å². The highest BCUT2D eigenvalue weighted by Crippen LogP contribution is 2.30. The number of nitrogens with one attached hydrogen (secondary N) is 1. The standard InChI is InChI=1S/C24H36N2O5/c1-6-26(7-2)16-19(27)17-31-23-12-11-18(13-24(23)30-5)14-25-15-20-21(28-3)9-8-10-22(20)29-4/h8-13,19,25,27H,6-7,14-17H2,1-5H3/t19-/m1/s1. The summed E-state index contributed by atoms with van der Waals surface area (Å²) in [4.78, 5) is 2.16. The summed E-state index contributed by atoms with van der Waals surface area (Å²) in [5, 5.41) is 13.7. The SMILES string of the molecule is CCN(CC)C[C@@H](O)COc1ccc(CNCc2c(OC)cccc2OC)cc1OC. The van der Waals surface area contributed by atoms with Crippen LogP contribution in [0.2, 0.25) is 0 Å². The summed E-state index contributed by atoms with van der Waals surface area (Å²) in [7, 11) is 4.92. The van der Waals surface area contributed by atoms with Gasteiger partial charge in [-0.15, -0.1) is 0 Å². The zero-order valence-electron chi connectivity index (χ0n) is 19.3. The molecule has 0 aliphatic carbocycles. The smallest absolute Gasteiger partial charge is 0.161 e. The molecule has 0 saturated heterocycles. The number of aliphatic hydroxyl groups is 1. The van der Waals surface area contributed by atoms with Crippen LogP contribution in [0.1, 0.15) is 25.0 Å². The van der Waals surface area contributed by atoms with Crippen LogP contribution in [0.15, 0.2) is 36.4 Å². The average Bonchev–Trinajstić information content (AvgIpc) is 2.81. The second-order valence-corrected chi connectivity index (χ2v) is 7.18. The van der Waals surface area contributed by atoms with Crippen LogP contribution in [0.3, 0.4) is 0 Å². The quantitative estimate of drug-likeness (QED) is 0.475. The first kappa shape index (κ1) is 24.8. The number of aliphatic hydroxyl groups excluding tert-OH is 1. The summed E-state index contributed by atoms with van der Waals surface area (Å²) in [5.74, 6) is 2.84. The molecule has 0 aliphatic rings. The maximum atomic E-state index is 10.2. The van der Waals surface area contributed by atoms with Gasteiger partial charge in [0.2, 0.25) is 0 Å². The van der Waals surface area contributed by atoms with Crippen LogP contribution < -0.4 is 24.3 Å². The first-order valence-corrected chi connectivity index (χ1v) is 10.7. The Hall–Kier alpha value is -2.48. The van der Waals surface area contributed by atoms with E-state index < -0.39 is 6.10 Å². The van der Waals surface area contributed by atoms with Crippen molar-refractivity contribution in [3.63, 3.8) is 0 Å². The summed E-state index contributed by atoms with van der Waals surface area (Å²) in [6, 6.07) is 11.6. The number of methoxy groups -OCH3 is 3. The van der Waals surface area contributed by atoms with Crippen LogP contribution in [0, 0.1) is 0 Å². The minimum atomic E-state index is -0.554. The van der Waals surface area contributed by atoms with Gasteiger partial charge in [-0.1, -0.05) is 26.0 Å². The Morgan fingerprint density at radius 3 is 2.10 bits per heavy atom. The number of hydrogen-bond acceptors (Lipinski definition) is 7. The van der Waals surface area contributed by atoms with Gasteiger partial charge < -0.3 is 34.3 Å². The van der Waals surface area contributed by atoms with Crippen molar-refractivity contribution in [3.05, 3.63) is 47.5 Å². The minimum absolute atomic E-state index is 0.220. The van der Waals surface area contributed by atoms with Crippen molar-refractivity contribution in [2.75, 3.05) is 47.6 Å². The minimum Gasteiger partial charge on any atom is -0.496 e. The van der Waals surface area contributed by atoms with Gasteiger partial charge in [0.05, 0.1) is 21.3 Å². The lowest BCUT2D eigenvalue weighted by Gasteiger charge is -2.22. The van der Waals surface area contributed by atoms with E-state index in [0.29, 0.717) is 31.1 Å². The Kier molecular flexibility index (Phi) is 10.4. The van der Waals surface area contributed by atoms with Crippen LogP contribution >= 0.6 is 0 Å². The molecule has 7 nitrogen and oxygen atoms in total. The van der Waals surface area contributed by atoms with E-state index in [0.717, 1.165) is 35.7 Å². The van der Waals surface area contributed by atoms with Gasteiger partial charge in [0, 0.05) is 25.2 Å². The Morgan fingerprint density at radius 1 is 0.871 bits per heavy atom. The van der Waals surface area contributed by atoms with Gasteiger partial charge in [0.15, 0.2) is 11.5 Å². The average molecular weight is 433 g/mol. The summed E-state index contributed by atoms with van der Waals surface area (Å²) >= 11 is 0. The second-order valence-electron chi connectivity index (χ2n) is 7.18. The van der Waals surface area contributed by atoms with E-state index in [1.165, 1.54) is 0 Å². The molecular weight excluding hydrogens is 396 g/mol. The molecule has 31 heavy (non-hydrogen) atoms. The molecule has 2 rings (SSSR count). The maximum Gasteiger partial charge on any atom is 0.161 e. The zero-order chi connectivity index (χ0) is 22.6. The fourth-order valence-corrected chi connectivity index (χ4v) is 3.39. The molecule has 0 unspecified atom stereocenters. The Morgan fingerprint density at radius 2 is 1.52 bits per heavy atom. The first-order valence-electron chi connectivity index (χ1n) is 10.7. The van der Waals surface area contributed by atoms with Crippen molar-refractivity contribution in [3.8, 4) is 23.0 Å². The highest BCUT2D eigenvalue weighted by Gasteiger charge is 2.13. The van der Waals surface area contributed by atoms with Gasteiger partial charge in [-0.05, 0) is 42.9 Å². The molecule has 2 N–H and O–H groups in total. The largest absolute Gasteiger partial charge is 0.496 e. The molecule has 7 heteroatoms. The summed E-state index contributed by atoms with van der Waals surface area (Å²) in [6.45, 7) is 8.02. The second kappa shape index (κ2) is 13.0. The molecule has 2 aromatic carbocycles. The monoisotopic (exact) mass is 432 g/mol. The molecule has 0 amide bonds. The van der Waals surface area contributed by atoms with Gasteiger partial charge in [-0.3, -0.25) is 0 Å². The molecule has 0 fully saturated rings. The predicted octanol–water partition coefficient (Wildman–Crippen LogP) is 3.08. The summed E-state index contributed by atoms with van der Waals surface area (Å²) in [5.41, 5.74) is 2.03. The van der Waals surface area contributed by atoms with Gasteiger partial charge in [-0.2, -0.15) is 0 Å². The number of rotatable bonds is 14. The zero-order valence-corrected chi connectivity index (χ0v) is 19.3. The van der Waals surface area contributed by atoms with E-state index in [1.54, 1.807) is 21.3 Å². The molecule has 0 radical (unpaired) electrons. The van der Waals surface area contributed by atoms with Crippen molar-refractivity contribution >= 4 is 0 Å². The third-order valence-corrected chi connectivity index (χ3v) is 5.18. The summed E-state index contributed by atoms with van der Waals surface area (Å²) in [6.07, 6.45) is -0.554. The molecule has 0 bridgehead atoms. The predicted molar refractivity (Wildman–Crippen MR) is 122 cm³/mol. The van der Waals surface area contributed by atoms with Crippen LogP contribution in [0.25, 0.3) is 0 Å². The number of ether oxygens (including phenoxy) is 4. The van der Waals surface area contributed by atoms with Crippen molar-refractivity contribution in [1.82, 2.24) is 10.2 Å². The van der Waals surface area contributed by atoms with Crippen molar-refractivity contribution in [2.24, 2.45) is 0 Å². The van der Waals surface area contributed by atoms with Gasteiger partial charge in [0.1, 0.15) is 24.2 Å². The van der Waals surface area contributed by atoms with Crippen molar-refractivity contribution < 1.29 is 24.1 Å². The number of benzene rings is 2. The van der Waals surface area contributed by atoms with Crippen LogP contribution in [0.5, 0.6) is 23.0 Å². The Bertz CT molecular complexity index is 773. The van der Waals surface area contributed by atoms with Crippen LogP contribution in [-0.4, -0.2) is 63.7 Å². The van der Waals surface area contributed by atoms with E-state index in [-0.39, 0.29) is 6.61 Å². The van der Waals surface area contributed by atoms with Crippen LogP contribution in [-0.2, 0) is 13.1 Å². The van der Waals surface area contributed by atoms with E-state index in [1.807, 2.05) is 36.4 Å². The Balaban J connectivity index is 1.95.